The predicted molar refractivity (Wildman–Crippen MR) is 88.5 cm³/mol. The zero-order valence-corrected chi connectivity index (χ0v) is 13.1. The summed E-state index contributed by atoms with van der Waals surface area (Å²) in [6.07, 6.45) is 2.23. The Morgan fingerprint density at radius 1 is 1.00 bits per heavy atom. The molecule has 0 radical (unpaired) electrons. The van der Waals surface area contributed by atoms with Gasteiger partial charge in [-0.05, 0) is 19.1 Å². The third-order valence-corrected chi connectivity index (χ3v) is 3.54. The van der Waals surface area contributed by atoms with E-state index in [1.165, 1.54) is 0 Å². The van der Waals surface area contributed by atoms with Crippen molar-refractivity contribution in [1.29, 1.82) is 0 Å². The van der Waals surface area contributed by atoms with Crippen molar-refractivity contribution >= 4 is 0 Å². The lowest BCUT2D eigenvalue weighted by Crippen LogP contribution is -2.06. The smallest absolute Gasteiger partial charge is 0.181 e. The van der Waals surface area contributed by atoms with Crippen LogP contribution < -0.4 is 0 Å². The molecule has 0 spiro atoms. The number of nitrogens with zero attached hydrogens (tertiary/aromatic N) is 6. The fourth-order valence-corrected chi connectivity index (χ4v) is 2.48. The first-order valence-electron chi connectivity index (χ1n) is 7.60. The minimum Gasteiger partial charge on any atom is -0.262 e. The van der Waals surface area contributed by atoms with Crippen molar-refractivity contribution in [2.24, 2.45) is 0 Å². The summed E-state index contributed by atoms with van der Waals surface area (Å²) in [6.45, 7) is 1.86. The molecule has 1 N–H and O–H groups in total. The topological polar surface area (TPSA) is 85.2 Å². The highest BCUT2D eigenvalue weighted by Crippen LogP contribution is 2.15. The van der Waals surface area contributed by atoms with E-state index in [-0.39, 0.29) is 0 Å². The number of pyridine rings is 1. The molecule has 3 heterocycles. The number of aryl methyl sites for hydroxylation is 1. The van der Waals surface area contributed by atoms with Crippen LogP contribution in [-0.2, 0) is 6.42 Å². The van der Waals surface area contributed by atoms with Gasteiger partial charge in [0.15, 0.2) is 11.6 Å². The van der Waals surface area contributed by atoms with Crippen LogP contribution in [0.5, 0.6) is 0 Å². The van der Waals surface area contributed by atoms with Crippen LogP contribution in [0.3, 0.4) is 0 Å². The van der Waals surface area contributed by atoms with Crippen LogP contribution in [0.15, 0.2) is 54.7 Å². The molecule has 0 unspecified atom stereocenters. The highest BCUT2D eigenvalue weighted by atomic mass is 15.4. The Hall–Kier alpha value is -3.35. The number of H-pyrrole nitrogens is 1. The minimum absolute atomic E-state index is 0.497. The van der Waals surface area contributed by atoms with Crippen LogP contribution >= 0.6 is 0 Å². The molecule has 4 rings (SSSR count). The van der Waals surface area contributed by atoms with Gasteiger partial charge in [0.1, 0.15) is 17.5 Å². The van der Waals surface area contributed by atoms with Crippen LogP contribution in [0.1, 0.15) is 17.5 Å². The number of hydrogen-bond acceptors (Lipinski definition) is 5. The van der Waals surface area contributed by atoms with Crippen molar-refractivity contribution in [2.45, 2.75) is 13.3 Å². The van der Waals surface area contributed by atoms with Gasteiger partial charge in [-0.1, -0.05) is 36.4 Å². The van der Waals surface area contributed by atoms with Gasteiger partial charge in [0.2, 0.25) is 0 Å². The van der Waals surface area contributed by atoms with E-state index in [0.29, 0.717) is 18.1 Å². The van der Waals surface area contributed by atoms with E-state index in [1.54, 1.807) is 10.9 Å². The molecule has 24 heavy (non-hydrogen) atoms. The van der Waals surface area contributed by atoms with E-state index in [1.807, 2.05) is 55.5 Å². The monoisotopic (exact) mass is 317 g/mol. The van der Waals surface area contributed by atoms with Crippen molar-refractivity contribution in [2.75, 3.05) is 0 Å². The predicted octanol–water partition coefficient (Wildman–Crippen LogP) is 2.35. The summed E-state index contributed by atoms with van der Waals surface area (Å²) in [6, 6.07) is 15.5. The fraction of sp³-hybridized carbons (Fsp3) is 0.118. The molecule has 4 aromatic rings. The fourth-order valence-electron chi connectivity index (χ4n) is 2.48. The van der Waals surface area contributed by atoms with Crippen molar-refractivity contribution in [1.82, 2.24) is 34.9 Å². The molecule has 0 amide bonds. The summed E-state index contributed by atoms with van der Waals surface area (Å²) in [7, 11) is 0. The minimum atomic E-state index is 0.497. The normalized spacial score (nSPS) is 10.9. The van der Waals surface area contributed by atoms with Gasteiger partial charge >= 0.3 is 0 Å². The Labute approximate surface area is 138 Å². The van der Waals surface area contributed by atoms with Crippen LogP contribution in [0.25, 0.3) is 17.2 Å². The SMILES string of the molecule is Cc1nc(Cc2nc(-c3ccccc3)n[nH]2)n(-c2ccccn2)n1. The molecule has 7 nitrogen and oxygen atoms in total. The maximum Gasteiger partial charge on any atom is 0.181 e. The van der Waals surface area contributed by atoms with Crippen molar-refractivity contribution < 1.29 is 0 Å². The van der Waals surface area contributed by atoms with Gasteiger partial charge in [0.05, 0.1) is 6.42 Å². The molecule has 0 saturated carbocycles. The zero-order chi connectivity index (χ0) is 16.4. The molecular formula is C17H15N7. The lowest BCUT2D eigenvalue weighted by Gasteiger charge is -2.02. The standard InChI is InChI=1S/C17H15N7/c1-12-19-16(24(23-12)15-9-5-6-10-18-15)11-14-20-17(22-21-14)13-7-3-2-4-8-13/h2-10H,11H2,1H3,(H,20,21,22). The van der Waals surface area contributed by atoms with Crippen LogP contribution in [-0.4, -0.2) is 34.9 Å². The third kappa shape index (κ3) is 2.79. The molecule has 0 saturated heterocycles. The Bertz CT molecular complexity index is 942. The summed E-state index contributed by atoms with van der Waals surface area (Å²) in [4.78, 5) is 13.4. The first-order chi connectivity index (χ1) is 11.8. The summed E-state index contributed by atoms with van der Waals surface area (Å²) >= 11 is 0. The quantitative estimate of drug-likeness (QED) is 0.624. The van der Waals surface area contributed by atoms with Crippen LogP contribution in [0.4, 0.5) is 0 Å². The van der Waals surface area contributed by atoms with E-state index in [2.05, 4.69) is 30.2 Å². The van der Waals surface area contributed by atoms with Crippen molar-refractivity contribution in [3.05, 3.63) is 72.2 Å². The van der Waals surface area contributed by atoms with E-state index >= 15 is 0 Å². The number of aromatic nitrogens is 7. The number of aromatic amines is 1. The molecule has 0 fully saturated rings. The molecule has 7 heteroatoms. The summed E-state index contributed by atoms with van der Waals surface area (Å²) in [5, 5.41) is 11.7. The molecule has 0 aliphatic rings. The van der Waals surface area contributed by atoms with Gasteiger partial charge in [-0.3, -0.25) is 5.10 Å². The second kappa shape index (κ2) is 6.04. The van der Waals surface area contributed by atoms with Gasteiger partial charge in [0.25, 0.3) is 0 Å². The summed E-state index contributed by atoms with van der Waals surface area (Å²) in [5.74, 6) is 3.60. The number of rotatable bonds is 4. The van der Waals surface area contributed by atoms with Gasteiger partial charge in [-0.25, -0.2) is 15.0 Å². The molecule has 0 aliphatic heterocycles. The molecule has 0 bridgehead atoms. The third-order valence-electron chi connectivity index (χ3n) is 3.54. The molecular weight excluding hydrogens is 302 g/mol. The molecule has 0 atom stereocenters. The van der Waals surface area contributed by atoms with Crippen molar-refractivity contribution in [3.8, 4) is 17.2 Å². The Morgan fingerprint density at radius 2 is 1.83 bits per heavy atom. The average molecular weight is 317 g/mol. The number of nitrogens with one attached hydrogen (secondary N) is 1. The lowest BCUT2D eigenvalue weighted by atomic mass is 10.2. The maximum atomic E-state index is 4.55. The first kappa shape index (κ1) is 14.3. The van der Waals surface area contributed by atoms with Crippen LogP contribution in [0, 0.1) is 6.92 Å². The lowest BCUT2D eigenvalue weighted by molar-refractivity contribution is 0.769. The zero-order valence-electron chi connectivity index (χ0n) is 13.1. The second-order valence-electron chi connectivity index (χ2n) is 5.32. The van der Waals surface area contributed by atoms with Crippen LogP contribution in [0.2, 0.25) is 0 Å². The van der Waals surface area contributed by atoms with E-state index < -0.39 is 0 Å². The maximum absolute atomic E-state index is 4.55. The Morgan fingerprint density at radius 3 is 2.62 bits per heavy atom. The number of hydrogen-bond donors (Lipinski definition) is 1. The van der Waals surface area contributed by atoms with E-state index in [9.17, 15) is 0 Å². The average Bonchev–Trinajstić information content (AvgIpc) is 3.23. The first-order valence-corrected chi connectivity index (χ1v) is 7.60. The highest BCUT2D eigenvalue weighted by molar-refractivity contribution is 5.53. The molecule has 1 aromatic carbocycles. The molecule has 0 aliphatic carbocycles. The van der Waals surface area contributed by atoms with Crippen molar-refractivity contribution in [3.63, 3.8) is 0 Å². The Kier molecular flexibility index (Phi) is 3.59. The van der Waals surface area contributed by atoms with Gasteiger partial charge in [0, 0.05) is 11.8 Å². The highest BCUT2D eigenvalue weighted by Gasteiger charge is 2.14. The van der Waals surface area contributed by atoms with E-state index in [0.717, 1.165) is 23.0 Å². The molecule has 118 valence electrons. The second-order valence-corrected chi connectivity index (χ2v) is 5.32. The summed E-state index contributed by atoms with van der Waals surface area (Å²) in [5.41, 5.74) is 0.974. The largest absolute Gasteiger partial charge is 0.262 e. The van der Waals surface area contributed by atoms with Gasteiger partial charge in [-0.15, -0.1) is 5.10 Å². The number of benzene rings is 1. The molecule has 3 aromatic heterocycles. The van der Waals surface area contributed by atoms with Gasteiger partial charge in [-0.2, -0.15) is 9.78 Å². The van der Waals surface area contributed by atoms with Gasteiger partial charge < -0.3 is 0 Å². The summed E-state index contributed by atoms with van der Waals surface area (Å²) < 4.78 is 1.74. The Balaban J connectivity index is 1.64. The van der Waals surface area contributed by atoms with E-state index in [4.69, 9.17) is 0 Å².